The van der Waals surface area contributed by atoms with Crippen LogP contribution in [0.15, 0.2) is 71.5 Å². The van der Waals surface area contributed by atoms with Crippen LogP contribution in [-0.4, -0.2) is 0 Å². The van der Waals surface area contributed by atoms with Crippen LogP contribution in [0.1, 0.15) is 11.1 Å². The molecule has 2 aromatic carbocycles. The fourth-order valence-electron chi connectivity index (χ4n) is 1.41. The van der Waals surface area contributed by atoms with Gasteiger partial charge in [0.2, 0.25) is 0 Å². The largest absolute Gasteiger partial charge is 0.106 e. The molecule has 0 bridgehead atoms. The third-order valence-electron chi connectivity index (χ3n) is 2.28. The molecule has 1 heteroatoms. The summed E-state index contributed by atoms with van der Waals surface area (Å²) < 4.78 is 0. The molecule has 0 saturated heterocycles. The second-order valence-electron chi connectivity index (χ2n) is 3.56. The average molecular weight is 238 g/mol. The van der Waals surface area contributed by atoms with Crippen LogP contribution >= 0.6 is 11.8 Å². The van der Waals surface area contributed by atoms with Crippen LogP contribution in [0, 0.1) is 0 Å². The number of benzene rings is 2. The number of thioether (sulfide) groups is 1. The van der Waals surface area contributed by atoms with E-state index >= 15 is 0 Å². The standard InChI is InChI=1S/C16H14S/c1-3-7-15(8-4-1)11-13-17-14-12-16-9-5-2-6-10-16/h1-14H/b13-11-,14-12-. The molecule has 0 spiro atoms. The Labute approximate surface area is 107 Å². The predicted molar refractivity (Wildman–Crippen MR) is 78.5 cm³/mol. The summed E-state index contributed by atoms with van der Waals surface area (Å²) in [5, 5.41) is 4.18. The maximum Gasteiger partial charge on any atom is -0.0242 e. The molecular formula is C16H14S. The van der Waals surface area contributed by atoms with E-state index < -0.39 is 0 Å². The van der Waals surface area contributed by atoms with Gasteiger partial charge in [0.15, 0.2) is 0 Å². The van der Waals surface area contributed by atoms with Crippen molar-refractivity contribution in [2.24, 2.45) is 0 Å². The van der Waals surface area contributed by atoms with E-state index in [0.29, 0.717) is 0 Å². The number of hydrogen-bond acceptors (Lipinski definition) is 1. The van der Waals surface area contributed by atoms with E-state index in [1.54, 1.807) is 11.8 Å². The first-order chi connectivity index (χ1) is 8.45. The Kier molecular flexibility index (Phi) is 4.68. The third-order valence-corrected chi connectivity index (χ3v) is 2.86. The summed E-state index contributed by atoms with van der Waals surface area (Å²) in [7, 11) is 0. The molecule has 2 rings (SSSR count). The first-order valence-electron chi connectivity index (χ1n) is 5.54. The summed E-state index contributed by atoms with van der Waals surface area (Å²) in [5.41, 5.74) is 2.46. The molecule has 2 aromatic rings. The van der Waals surface area contributed by atoms with Crippen molar-refractivity contribution in [2.45, 2.75) is 0 Å². The van der Waals surface area contributed by atoms with Gasteiger partial charge in [-0.25, -0.2) is 0 Å². The minimum absolute atomic E-state index is 1.23. The molecule has 0 aliphatic heterocycles. The zero-order valence-electron chi connectivity index (χ0n) is 9.49. The SMILES string of the molecule is C(=C/c1ccccc1)/S/C=C\c1ccccc1. The molecule has 0 unspecified atom stereocenters. The van der Waals surface area contributed by atoms with Gasteiger partial charge in [0.05, 0.1) is 0 Å². The number of rotatable bonds is 4. The summed E-state index contributed by atoms with van der Waals surface area (Å²) in [6.45, 7) is 0. The first kappa shape index (κ1) is 11.7. The van der Waals surface area contributed by atoms with E-state index in [0.717, 1.165) is 0 Å². The minimum atomic E-state index is 1.23. The van der Waals surface area contributed by atoms with Crippen LogP contribution in [0.25, 0.3) is 12.2 Å². The number of hydrogen-bond donors (Lipinski definition) is 0. The summed E-state index contributed by atoms with van der Waals surface area (Å²) in [5.74, 6) is 0. The molecule has 0 nitrogen and oxygen atoms in total. The van der Waals surface area contributed by atoms with Crippen LogP contribution in [0.3, 0.4) is 0 Å². The van der Waals surface area contributed by atoms with Gasteiger partial charge in [-0.3, -0.25) is 0 Å². The van der Waals surface area contributed by atoms with Gasteiger partial charge in [-0.05, 0) is 34.1 Å². The molecule has 17 heavy (non-hydrogen) atoms. The molecule has 0 fully saturated rings. The lowest BCUT2D eigenvalue weighted by Gasteiger charge is -1.91. The molecular weight excluding hydrogens is 224 g/mol. The molecule has 0 saturated carbocycles. The Morgan fingerprint density at radius 1 is 0.588 bits per heavy atom. The molecule has 0 aliphatic rings. The zero-order chi connectivity index (χ0) is 11.8. The van der Waals surface area contributed by atoms with Crippen molar-refractivity contribution in [1.82, 2.24) is 0 Å². The molecule has 0 amide bonds. The van der Waals surface area contributed by atoms with Crippen LogP contribution in [0.2, 0.25) is 0 Å². The lowest BCUT2D eigenvalue weighted by atomic mass is 10.2. The highest BCUT2D eigenvalue weighted by atomic mass is 32.2. The molecule has 0 aromatic heterocycles. The highest BCUT2D eigenvalue weighted by molar-refractivity contribution is 8.05. The Morgan fingerprint density at radius 3 is 1.41 bits per heavy atom. The lowest BCUT2D eigenvalue weighted by Crippen LogP contribution is -1.67. The molecule has 0 atom stereocenters. The van der Waals surface area contributed by atoms with Crippen LogP contribution < -0.4 is 0 Å². The highest BCUT2D eigenvalue weighted by Crippen LogP contribution is 2.11. The monoisotopic (exact) mass is 238 g/mol. The van der Waals surface area contributed by atoms with Gasteiger partial charge >= 0.3 is 0 Å². The van der Waals surface area contributed by atoms with E-state index in [2.05, 4.69) is 47.2 Å². The average Bonchev–Trinajstić information content (AvgIpc) is 2.41. The van der Waals surface area contributed by atoms with Crippen LogP contribution in [0.5, 0.6) is 0 Å². The Morgan fingerprint density at radius 2 is 1.00 bits per heavy atom. The fraction of sp³-hybridized carbons (Fsp3) is 0. The fourth-order valence-corrected chi connectivity index (χ4v) is 1.97. The van der Waals surface area contributed by atoms with Crippen LogP contribution in [-0.2, 0) is 0 Å². The van der Waals surface area contributed by atoms with E-state index in [4.69, 9.17) is 0 Å². The Bertz CT molecular complexity index is 436. The van der Waals surface area contributed by atoms with Gasteiger partial charge in [0.25, 0.3) is 0 Å². The Balaban J connectivity index is 1.84. The molecule has 0 N–H and O–H groups in total. The quantitative estimate of drug-likeness (QED) is 0.717. The van der Waals surface area contributed by atoms with Gasteiger partial charge in [-0.15, -0.1) is 11.8 Å². The third kappa shape index (κ3) is 4.33. The lowest BCUT2D eigenvalue weighted by molar-refractivity contribution is 1.66. The summed E-state index contributed by atoms with van der Waals surface area (Å²) >= 11 is 1.68. The van der Waals surface area contributed by atoms with Gasteiger partial charge in [-0.1, -0.05) is 60.7 Å². The van der Waals surface area contributed by atoms with Crippen molar-refractivity contribution < 1.29 is 0 Å². The van der Waals surface area contributed by atoms with Gasteiger partial charge < -0.3 is 0 Å². The molecule has 0 heterocycles. The normalized spacial score (nSPS) is 11.3. The van der Waals surface area contributed by atoms with Crippen LogP contribution in [0.4, 0.5) is 0 Å². The maximum absolute atomic E-state index is 2.11. The second kappa shape index (κ2) is 6.77. The zero-order valence-corrected chi connectivity index (χ0v) is 10.3. The van der Waals surface area contributed by atoms with Crippen molar-refractivity contribution in [3.63, 3.8) is 0 Å². The minimum Gasteiger partial charge on any atom is -0.106 e. The molecule has 0 radical (unpaired) electrons. The molecule has 0 aliphatic carbocycles. The van der Waals surface area contributed by atoms with Gasteiger partial charge in [-0.2, -0.15) is 0 Å². The van der Waals surface area contributed by atoms with Crippen molar-refractivity contribution in [1.29, 1.82) is 0 Å². The highest BCUT2D eigenvalue weighted by Gasteiger charge is 1.83. The Hall–Kier alpha value is -1.73. The van der Waals surface area contributed by atoms with Crippen molar-refractivity contribution >= 4 is 23.9 Å². The van der Waals surface area contributed by atoms with Gasteiger partial charge in [0, 0.05) is 0 Å². The van der Waals surface area contributed by atoms with E-state index in [-0.39, 0.29) is 0 Å². The van der Waals surface area contributed by atoms with E-state index in [1.807, 2.05) is 36.4 Å². The smallest absolute Gasteiger partial charge is 0.0242 e. The maximum atomic E-state index is 2.11. The predicted octanol–water partition coefficient (Wildman–Crippen LogP) is 5.06. The summed E-state index contributed by atoms with van der Waals surface area (Å²) in [6.07, 6.45) is 4.22. The van der Waals surface area contributed by atoms with Gasteiger partial charge in [0.1, 0.15) is 0 Å². The van der Waals surface area contributed by atoms with Crippen molar-refractivity contribution in [2.75, 3.05) is 0 Å². The molecule has 84 valence electrons. The van der Waals surface area contributed by atoms with Crippen molar-refractivity contribution in [3.8, 4) is 0 Å². The van der Waals surface area contributed by atoms with E-state index in [9.17, 15) is 0 Å². The van der Waals surface area contributed by atoms with Crippen molar-refractivity contribution in [3.05, 3.63) is 82.6 Å². The summed E-state index contributed by atoms with van der Waals surface area (Å²) in [6, 6.07) is 20.6. The van der Waals surface area contributed by atoms with E-state index in [1.165, 1.54) is 11.1 Å². The summed E-state index contributed by atoms with van der Waals surface area (Å²) in [4.78, 5) is 0. The second-order valence-corrected chi connectivity index (χ2v) is 4.38. The topological polar surface area (TPSA) is 0 Å². The first-order valence-corrected chi connectivity index (χ1v) is 6.48.